The Kier molecular flexibility index (Phi) is 7.83. The van der Waals surface area contributed by atoms with Crippen LogP contribution in [0.3, 0.4) is 0 Å². The molecule has 11 heteroatoms. The van der Waals surface area contributed by atoms with Crippen molar-refractivity contribution in [2.75, 3.05) is 48.6 Å². The van der Waals surface area contributed by atoms with Crippen LogP contribution in [0.25, 0.3) is 0 Å². The molecule has 35 heavy (non-hydrogen) atoms. The fourth-order valence-corrected chi connectivity index (χ4v) is 4.96. The number of halogens is 1. The Labute approximate surface area is 210 Å². The van der Waals surface area contributed by atoms with Crippen molar-refractivity contribution in [3.8, 4) is 0 Å². The van der Waals surface area contributed by atoms with Crippen molar-refractivity contribution in [1.82, 2.24) is 15.5 Å². The first-order valence-corrected chi connectivity index (χ1v) is 13.9. The summed E-state index contributed by atoms with van der Waals surface area (Å²) in [6.07, 6.45) is 2.25. The average molecular weight is 520 g/mol. The Balaban J connectivity index is 1.44. The second kappa shape index (κ2) is 10.8. The smallest absolute Gasteiger partial charge is 0.245 e. The zero-order valence-corrected chi connectivity index (χ0v) is 21.1. The Morgan fingerprint density at radius 2 is 1.74 bits per heavy atom. The molecular weight excluding hydrogens is 490 g/mol. The van der Waals surface area contributed by atoms with Crippen molar-refractivity contribution in [3.63, 3.8) is 0 Å². The molecule has 0 aliphatic carbocycles. The van der Waals surface area contributed by atoms with Crippen LogP contribution in [0.5, 0.6) is 0 Å². The Morgan fingerprint density at radius 1 is 1.09 bits per heavy atom. The fourth-order valence-electron chi connectivity index (χ4n) is 4.26. The molecule has 9 nitrogen and oxygen atoms in total. The van der Waals surface area contributed by atoms with E-state index in [1.807, 2.05) is 24.3 Å². The summed E-state index contributed by atoms with van der Waals surface area (Å²) in [6.45, 7) is 2.80. The van der Waals surface area contributed by atoms with Crippen molar-refractivity contribution < 1.29 is 18.0 Å². The van der Waals surface area contributed by atoms with E-state index in [9.17, 15) is 18.0 Å². The molecule has 0 spiro atoms. The maximum atomic E-state index is 13.5. The van der Waals surface area contributed by atoms with Crippen LogP contribution in [-0.4, -0.2) is 76.2 Å². The van der Waals surface area contributed by atoms with Crippen LogP contribution in [0, 0.1) is 0 Å². The number of sulfonamides is 1. The molecule has 2 atom stereocenters. The molecular formula is C24H30ClN5O4S. The fraction of sp³-hybridized carbons (Fsp3) is 0.417. The van der Waals surface area contributed by atoms with Crippen LogP contribution in [-0.2, 0) is 26.0 Å². The third-order valence-corrected chi connectivity index (χ3v) is 7.08. The summed E-state index contributed by atoms with van der Waals surface area (Å²) in [5, 5.41) is 6.63. The van der Waals surface area contributed by atoms with Gasteiger partial charge in [0.2, 0.25) is 21.8 Å². The Bertz CT molecular complexity index is 1160. The highest BCUT2D eigenvalue weighted by Crippen LogP contribution is 2.27. The molecule has 2 heterocycles. The third kappa shape index (κ3) is 6.65. The number of nitrogens with zero attached hydrogens (tertiary/aromatic N) is 2. The van der Waals surface area contributed by atoms with E-state index in [-0.39, 0.29) is 17.9 Å². The molecule has 2 aliphatic heterocycles. The normalized spacial score (nSPS) is 19.0. The van der Waals surface area contributed by atoms with Crippen molar-refractivity contribution >= 4 is 44.8 Å². The molecule has 0 saturated carbocycles. The van der Waals surface area contributed by atoms with Gasteiger partial charge in [-0.2, -0.15) is 0 Å². The summed E-state index contributed by atoms with van der Waals surface area (Å²) in [6, 6.07) is 13.5. The molecule has 0 radical (unpaired) electrons. The van der Waals surface area contributed by atoms with E-state index in [0.29, 0.717) is 43.3 Å². The minimum absolute atomic E-state index is 0.130. The van der Waals surface area contributed by atoms with E-state index >= 15 is 0 Å². The van der Waals surface area contributed by atoms with Crippen molar-refractivity contribution in [1.29, 1.82) is 0 Å². The van der Waals surface area contributed by atoms with Crippen LogP contribution in [0.2, 0.25) is 5.02 Å². The number of carbonyl (C=O) groups excluding carboxylic acids is 2. The molecule has 0 aromatic heterocycles. The second-order valence-corrected chi connectivity index (χ2v) is 11.1. The van der Waals surface area contributed by atoms with Crippen LogP contribution >= 0.6 is 11.6 Å². The summed E-state index contributed by atoms with van der Waals surface area (Å²) in [7, 11) is -3.42. The predicted molar refractivity (Wildman–Crippen MR) is 137 cm³/mol. The number of hydrogen-bond acceptors (Lipinski definition) is 6. The van der Waals surface area contributed by atoms with Gasteiger partial charge in [-0.3, -0.25) is 14.3 Å². The van der Waals surface area contributed by atoms with Gasteiger partial charge in [0.25, 0.3) is 0 Å². The molecule has 2 aromatic rings. The summed E-state index contributed by atoms with van der Waals surface area (Å²) >= 11 is 6.00. The number of anilines is 2. The number of hydrogen-bond donors (Lipinski definition) is 3. The Morgan fingerprint density at radius 3 is 2.34 bits per heavy atom. The summed E-state index contributed by atoms with van der Waals surface area (Å²) in [4.78, 5) is 29.9. The molecule has 0 unspecified atom stereocenters. The molecule has 2 saturated heterocycles. The van der Waals surface area contributed by atoms with Crippen molar-refractivity contribution in [2.45, 2.75) is 24.9 Å². The van der Waals surface area contributed by atoms with Gasteiger partial charge in [0.15, 0.2) is 0 Å². The number of carbonyl (C=O) groups is 2. The van der Waals surface area contributed by atoms with Crippen LogP contribution in [0.4, 0.5) is 11.4 Å². The molecule has 0 bridgehead atoms. The number of para-hydroxylation sites is 2. The first-order valence-electron chi connectivity index (χ1n) is 11.6. The van der Waals surface area contributed by atoms with E-state index in [1.165, 1.54) is 0 Å². The van der Waals surface area contributed by atoms with E-state index in [0.717, 1.165) is 30.5 Å². The predicted octanol–water partition coefficient (Wildman–Crippen LogP) is 1.45. The number of amides is 2. The van der Waals surface area contributed by atoms with Crippen molar-refractivity contribution in [2.24, 2.45) is 0 Å². The van der Waals surface area contributed by atoms with E-state index in [2.05, 4.69) is 20.3 Å². The number of benzene rings is 2. The average Bonchev–Trinajstić information content (AvgIpc) is 2.78. The minimum atomic E-state index is -3.42. The quantitative estimate of drug-likeness (QED) is 0.487. The molecule has 2 amide bonds. The van der Waals surface area contributed by atoms with E-state index < -0.39 is 16.1 Å². The summed E-state index contributed by atoms with van der Waals surface area (Å²) in [5.74, 6) is -0.294. The number of rotatable bonds is 8. The lowest BCUT2D eigenvalue weighted by Gasteiger charge is -2.38. The van der Waals surface area contributed by atoms with Gasteiger partial charge in [0.05, 0.1) is 23.7 Å². The largest absolute Gasteiger partial charge is 0.366 e. The highest BCUT2D eigenvalue weighted by atomic mass is 35.5. The zero-order chi connectivity index (χ0) is 25.0. The van der Waals surface area contributed by atoms with E-state index in [4.69, 9.17) is 11.6 Å². The van der Waals surface area contributed by atoms with Gasteiger partial charge >= 0.3 is 0 Å². The summed E-state index contributed by atoms with van der Waals surface area (Å²) in [5.41, 5.74) is 2.19. The Hall–Kier alpha value is -2.82. The third-order valence-electron chi connectivity index (χ3n) is 6.24. The highest BCUT2D eigenvalue weighted by molar-refractivity contribution is 7.92. The van der Waals surface area contributed by atoms with Crippen LogP contribution < -0.4 is 20.3 Å². The zero-order valence-electron chi connectivity index (χ0n) is 19.5. The maximum absolute atomic E-state index is 13.5. The summed E-state index contributed by atoms with van der Waals surface area (Å²) < 4.78 is 26.1. The van der Waals surface area contributed by atoms with Gasteiger partial charge in [-0.05, 0) is 42.8 Å². The standard InChI is InChI=1S/C24H30ClN5O4S/c1-35(33,34)28-19-4-2-3-5-22(19)29-12-14-30(15-13-29)24(32)21(27-23(31)20-10-11-26-20)16-17-6-8-18(25)9-7-17/h2-9,20-21,26,28H,10-16H2,1H3,(H,27,31)/t20-,21-/m1/s1. The van der Waals surface area contributed by atoms with Gasteiger partial charge in [0, 0.05) is 37.6 Å². The first-order chi connectivity index (χ1) is 16.7. The highest BCUT2D eigenvalue weighted by Gasteiger charge is 2.32. The molecule has 3 N–H and O–H groups in total. The SMILES string of the molecule is CS(=O)(=O)Nc1ccccc1N1CCN(C(=O)[C@@H](Cc2ccc(Cl)cc2)NC(=O)[C@H]2CCN2)CC1. The first kappa shape index (κ1) is 25.3. The number of piperazine rings is 1. The van der Waals surface area contributed by atoms with Gasteiger partial charge in [-0.25, -0.2) is 8.42 Å². The molecule has 4 rings (SSSR count). The minimum Gasteiger partial charge on any atom is -0.366 e. The lowest BCUT2D eigenvalue weighted by Crippen LogP contribution is -2.60. The molecule has 188 valence electrons. The molecule has 2 aliphatic rings. The van der Waals surface area contributed by atoms with E-state index in [1.54, 1.807) is 29.2 Å². The van der Waals surface area contributed by atoms with Gasteiger partial charge < -0.3 is 20.4 Å². The van der Waals surface area contributed by atoms with Gasteiger partial charge in [-0.1, -0.05) is 35.9 Å². The van der Waals surface area contributed by atoms with Gasteiger partial charge in [0.1, 0.15) is 6.04 Å². The van der Waals surface area contributed by atoms with Gasteiger partial charge in [-0.15, -0.1) is 0 Å². The number of nitrogens with one attached hydrogen (secondary N) is 3. The van der Waals surface area contributed by atoms with Crippen molar-refractivity contribution in [3.05, 3.63) is 59.1 Å². The van der Waals surface area contributed by atoms with Crippen LogP contribution in [0.15, 0.2) is 48.5 Å². The maximum Gasteiger partial charge on any atom is 0.245 e. The van der Waals surface area contributed by atoms with Crippen LogP contribution in [0.1, 0.15) is 12.0 Å². The lowest BCUT2D eigenvalue weighted by molar-refractivity contribution is -0.137. The monoisotopic (exact) mass is 519 g/mol. The molecule has 2 fully saturated rings. The lowest BCUT2D eigenvalue weighted by atomic mass is 10.0. The molecule has 2 aromatic carbocycles. The topological polar surface area (TPSA) is 111 Å². The second-order valence-electron chi connectivity index (χ2n) is 8.89.